The molecule has 0 radical (unpaired) electrons. The van der Waals surface area contributed by atoms with Crippen LogP contribution in [-0.2, 0) is 11.3 Å². The van der Waals surface area contributed by atoms with Gasteiger partial charge in [-0.05, 0) is 33.0 Å². The van der Waals surface area contributed by atoms with Crippen LogP contribution >= 0.6 is 11.3 Å². The van der Waals surface area contributed by atoms with Crippen molar-refractivity contribution in [2.75, 3.05) is 12.4 Å². The van der Waals surface area contributed by atoms with Crippen molar-refractivity contribution < 1.29 is 9.90 Å². The Hall–Kier alpha value is -1.92. The summed E-state index contributed by atoms with van der Waals surface area (Å²) in [5.74, 6) is -0.828. The molecule has 0 saturated heterocycles. The van der Waals surface area contributed by atoms with E-state index in [9.17, 15) is 4.79 Å². The molecule has 0 amide bonds. The van der Waals surface area contributed by atoms with Gasteiger partial charge in [-0.15, -0.1) is 11.3 Å². The van der Waals surface area contributed by atoms with E-state index in [1.54, 1.807) is 18.9 Å². The fourth-order valence-corrected chi connectivity index (χ4v) is 2.50. The van der Waals surface area contributed by atoms with Crippen molar-refractivity contribution in [3.8, 4) is 0 Å². The Morgan fingerprint density at radius 2 is 2.10 bits per heavy atom. The Morgan fingerprint density at radius 3 is 2.71 bits per heavy atom. The second-order valence-corrected chi connectivity index (χ2v) is 5.92. The summed E-state index contributed by atoms with van der Waals surface area (Å²) in [4.78, 5) is 17.2. The molecule has 2 rings (SSSR count). The van der Waals surface area contributed by atoms with Gasteiger partial charge in [0.15, 0.2) is 5.13 Å². The van der Waals surface area contributed by atoms with Gasteiger partial charge in [0.05, 0.1) is 5.69 Å². The Kier molecular flexibility index (Phi) is 4.93. The summed E-state index contributed by atoms with van der Waals surface area (Å²) in [6, 6.07) is 7.57. The molecule has 6 heteroatoms. The highest BCUT2D eigenvalue weighted by atomic mass is 32.1. The lowest BCUT2D eigenvalue weighted by Gasteiger charge is -2.19. The summed E-state index contributed by atoms with van der Waals surface area (Å²) in [6.45, 7) is 4.23. The zero-order chi connectivity index (χ0) is 15.4. The van der Waals surface area contributed by atoms with Gasteiger partial charge in [0, 0.05) is 17.6 Å². The number of aliphatic carboxylic acids is 1. The molecule has 0 fully saturated rings. The maximum Gasteiger partial charge on any atom is 0.320 e. The van der Waals surface area contributed by atoms with Crippen LogP contribution in [-0.4, -0.2) is 34.0 Å². The van der Waals surface area contributed by atoms with E-state index >= 15 is 0 Å². The van der Waals surface area contributed by atoms with E-state index in [1.807, 2.05) is 36.6 Å². The topological polar surface area (TPSA) is 65.5 Å². The first-order chi connectivity index (χ1) is 9.95. The number of carboxylic acid groups (broad SMARTS) is 1. The molecule has 1 heterocycles. The largest absolute Gasteiger partial charge is 0.480 e. The van der Waals surface area contributed by atoms with Gasteiger partial charge >= 0.3 is 5.97 Å². The predicted molar refractivity (Wildman–Crippen MR) is 85.1 cm³/mol. The fourth-order valence-electron chi connectivity index (χ4n) is 1.78. The molecular weight excluding hydrogens is 286 g/mol. The maximum absolute atomic E-state index is 10.9. The van der Waals surface area contributed by atoms with Gasteiger partial charge in [-0.25, -0.2) is 4.98 Å². The van der Waals surface area contributed by atoms with Crippen LogP contribution in [0.2, 0.25) is 0 Å². The number of carboxylic acids is 1. The van der Waals surface area contributed by atoms with Crippen molar-refractivity contribution in [1.29, 1.82) is 0 Å². The van der Waals surface area contributed by atoms with E-state index in [4.69, 9.17) is 5.11 Å². The van der Waals surface area contributed by atoms with Crippen LogP contribution in [0.1, 0.15) is 18.2 Å². The highest BCUT2D eigenvalue weighted by Gasteiger charge is 2.17. The predicted octanol–water partition coefficient (Wildman–Crippen LogP) is 3.10. The minimum Gasteiger partial charge on any atom is -0.480 e. The second kappa shape index (κ2) is 6.69. The zero-order valence-electron chi connectivity index (χ0n) is 12.3. The van der Waals surface area contributed by atoms with E-state index in [0.717, 1.165) is 16.5 Å². The molecule has 1 atom stereocenters. The van der Waals surface area contributed by atoms with Crippen LogP contribution in [0, 0.1) is 6.92 Å². The van der Waals surface area contributed by atoms with Crippen molar-refractivity contribution in [1.82, 2.24) is 9.88 Å². The van der Waals surface area contributed by atoms with Gasteiger partial charge in [-0.3, -0.25) is 9.69 Å². The molecular formula is C15H19N3O2S. The number of nitrogens with zero attached hydrogens (tertiary/aromatic N) is 2. The second-order valence-electron chi connectivity index (χ2n) is 5.06. The Morgan fingerprint density at radius 1 is 1.43 bits per heavy atom. The zero-order valence-corrected chi connectivity index (χ0v) is 13.1. The number of rotatable bonds is 6. The average Bonchev–Trinajstić information content (AvgIpc) is 2.87. The Labute approximate surface area is 128 Å². The minimum absolute atomic E-state index is 0.513. The van der Waals surface area contributed by atoms with Gasteiger partial charge in [-0.2, -0.15) is 0 Å². The van der Waals surface area contributed by atoms with Gasteiger partial charge < -0.3 is 10.4 Å². The Bertz CT molecular complexity index is 610. The van der Waals surface area contributed by atoms with Gasteiger partial charge in [0.25, 0.3) is 0 Å². The molecule has 1 aromatic carbocycles. The number of aromatic nitrogens is 1. The first-order valence-electron chi connectivity index (χ1n) is 6.67. The first kappa shape index (κ1) is 15.5. The molecule has 0 bridgehead atoms. The number of nitrogens with one attached hydrogen (secondary N) is 1. The number of hydrogen-bond acceptors (Lipinski definition) is 5. The summed E-state index contributed by atoms with van der Waals surface area (Å²) in [5.41, 5.74) is 3.07. The molecule has 0 aliphatic carbocycles. The van der Waals surface area contributed by atoms with Gasteiger partial charge in [0.1, 0.15) is 6.04 Å². The number of anilines is 2. The lowest BCUT2D eigenvalue weighted by molar-refractivity contribution is -0.142. The number of benzene rings is 1. The summed E-state index contributed by atoms with van der Waals surface area (Å²) in [6.07, 6.45) is 0. The molecule has 0 saturated carbocycles. The molecule has 0 aliphatic rings. The summed E-state index contributed by atoms with van der Waals surface area (Å²) < 4.78 is 0. The molecule has 0 spiro atoms. The standard InChI is InChI=1S/C15H19N3O2S/c1-10-4-6-12(7-5-10)16-15-17-13(9-21-15)8-18(3)11(2)14(19)20/h4-7,9,11H,8H2,1-3H3,(H,16,17)(H,19,20). The maximum atomic E-state index is 10.9. The van der Waals surface area contributed by atoms with Crippen LogP contribution in [0.4, 0.5) is 10.8 Å². The molecule has 21 heavy (non-hydrogen) atoms. The third-order valence-electron chi connectivity index (χ3n) is 3.28. The van der Waals surface area contributed by atoms with Crippen molar-refractivity contribution >= 4 is 28.1 Å². The summed E-state index contributed by atoms with van der Waals surface area (Å²) >= 11 is 1.51. The van der Waals surface area contributed by atoms with E-state index in [0.29, 0.717) is 6.54 Å². The highest BCUT2D eigenvalue weighted by Crippen LogP contribution is 2.22. The number of thiazole rings is 1. The van der Waals surface area contributed by atoms with Crippen LogP contribution < -0.4 is 5.32 Å². The first-order valence-corrected chi connectivity index (χ1v) is 7.55. The smallest absolute Gasteiger partial charge is 0.320 e. The number of carbonyl (C=O) groups is 1. The summed E-state index contributed by atoms with van der Waals surface area (Å²) in [5, 5.41) is 15.0. The SMILES string of the molecule is Cc1ccc(Nc2nc(CN(C)C(C)C(=O)O)cs2)cc1. The summed E-state index contributed by atoms with van der Waals surface area (Å²) in [7, 11) is 1.78. The van der Waals surface area contributed by atoms with E-state index < -0.39 is 12.0 Å². The van der Waals surface area contributed by atoms with Gasteiger partial charge in [-0.1, -0.05) is 17.7 Å². The van der Waals surface area contributed by atoms with Gasteiger partial charge in [0.2, 0.25) is 0 Å². The van der Waals surface area contributed by atoms with E-state index in [1.165, 1.54) is 16.9 Å². The third kappa shape index (κ3) is 4.27. The minimum atomic E-state index is -0.828. The van der Waals surface area contributed by atoms with E-state index in [2.05, 4.69) is 10.3 Å². The Balaban J connectivity index is 1.98. The van der Waals surface area contributed by atoms with Crippen molar-refractivity contribution in [2.45, 2.75) is 26.4 Å². The van der Waals surface area contributed by atoms with Crippen molar-refractivity contribution in [3.63, 3.8) is 0 Å². The lowest BCUT2D eigenvalue weighted by Crippen LogP contribution is -2.35. The third-order valence-corrected chi connectivity index (χ3v) is 4.09. The normalized spacial score (nSPS) is 12.4. The van der Waals surface area contributed by atoms with Crippen LogP contribution in [0.15, 0.2) is 29.6 Å². The number of hydrogen-bond donors (Lipinski definition) is 2. The number of likely N-dealkylation sites (N-methyl/N-ethyl adjacent to an activating group) is 1. The van der Waals surface area contributed by atoms with E-state index in [-0.39, 0.29) is 0 Å². The van der Waals surface area contributed by atoms with Crippen LogP contribution in [0.3, 0.4) is 0 Å². The molecule has 2 N–H and O–H groups in total. The molecule has 2 aromatic rings. The molecule has 112 valence electrons. The molecule has 1 aromatic heterocycles. The quantitative estimate of drug-likeness (QED) is 0.858. The lowest BCUT2D eigenvalue weighted by atomic mass is 10.2. The molecule has 0 aliphatic heterocycles. The monoisotopic (exact) mass is 305 g/mol. The average molecular weight is 305 g/mol. The fraction of sp³-hybridized carbons (Fsp3) is 0.333. The van der Waals surface area contributed by atoms with Crippen LogP contribution in [0.25, 0.3) is 0 Å². The van der Waals surface area contributed by atoms with Crippen LogP contribution in [0.5, 0.6) is 0 Å². The highest BCUT2D eigenvalue weighted by molar-refractivity contribution is 7.13. The molecule has 5 nitrogen and oxygen atoms in total. The van der Waals surface area contributed by atoms with Crippen molar-refractivity contribution in [2.24, 2.45) is 0 Å². The van der Waals surface area contributed by atoms with Crippen molar-refractivity contribution in [3.05, 3.63) is 40.9 Å². The number of aryl methyl sites for hydroxylation is 1. The molecule has 1 unspecified atom stereocenters.